The molecule has 1 heterocycles. The molecule has 2 atom stereocenters. The maximum Gasteiger partial charge on any atom is 0.0445 e. The van der Waals surface area contributed by atoms with Gasteiger partial charge in [0, 0.05) is 17.0 Å². The normalized spacial score (nSPS) is 20.4. The average Bonchev–Trinajstić information content (AvgIpc) is 3.02. The zero-order valence-corrected chi connectivity index (χ0v) is 12.8. The lowest BCUT2D eigenvalue weighted by Crippen LogP contribution is -2.38. The Bertz CT molecular complexity index is 325. The fourth-order valence-corrected chi connectivity index (χ4v) is 4.10. The summed E-state index contributed by atoms with van der Waals surface area (Å²) < 4.78 is 0. The van der Waals surface area contributed by atoms with Crippen LogP contribution in [-0.2, 0) is 0 Å². The van der Waals surface area contributed by atoms with Crippen LogP contribution in [0.5, 0.6) is 0 Å². The fraction of sp³-hybridized carbons (Fsp3) is 0.750. The molecule has 1 saturated carbocycles. The molecule has 18 heavy (non-hydrogen) atoms. The molecule has 1 aromatic heterocycles. The number of thiophene rings is 1. The highest BCUT2D eigenvalue weighted by atomic mass is 32.1. The first kappa shape index (κ1) is 14.1. The van der Waals surface area contributed by atoms with E-state index in [-0.39, 0.29) is 0 Å². The summed E-state index contributed by atoms with van der Waals surface area (Å²) in [4.78, 5) is 1.54. The van der Waals surface area contributed by atoms with Gasteiger partial charge in [-0.25, -0.2) is 0 Å². The van der Waals surface area contributed by atoms with Crippen molar-refractivity contribution in [2.75, 3.05) is 0 Å². The molecule has 1 aromatic rings. The van der Waals surface area contributed by atoms with E-state index < -0.39 is 0 Å². The Morgan fingerprint density at radius 3 is 2.56 bits per heavy atom. The second-order valence-corrected chi connectivity index (χ2v) is 6.94. The maximum atomic E-state index is 3.96. The largest absolute Gasteiger partial charge is 0.306 e. The van der Waals surface area contributed by atoms with Crippen molar-refractivity contribution in [3.63, 3.8) is 0 Å². The van der Waals surface area contributed by atoms with Crippen LogP contribution in [0.2, 0.25) is 0 Å². The third-order valence-electron chi connectivity index (χ3n) is 4.36. The van der Waals surface area contributed by atoms with Gasteiger partial charge in [0.2, 0.25) is 0 Å². The van der Waals surface area contributed by atoms with Crippen LogP contribution in [0.4, 0.5) is 0 Å². The maximum absolute atomic E-state index is 3.96. The van der Waals surface area contributed by atoms with Gasteiger partial charge in [-0.15, -0.1) is 11.3 Å². The lowest BCUT2D eigenvalue weighted by atomic mass is 9.93. The Kier molecular flexibility index (Phi) is 5.25. The molecular weight excluding hydrogens is 238 g/mol. The molecule has 2 rings (SSSR count). The smallest absolute Gasteiger partial charge is 0.0445 e. The predicted molar refractivity (Wildman–Crippen MR) is 81.1 cm³/mol. The van der Waals surface area contributed by atoms with Crippen LogP contribution >= 0.6 is 11.3 Å². The van der Waals surface area contributed by atoms with Crippen LogP contribution in [0.3, 0.4) is 0 Å². The Labute approximate surface area is 116 Å². The van der Waals surface area contributed by atoms with Crippen molar-refractivity contribution < 1.29 is 0 Å². The van der Waals surface area contributed by atoms with Crippen LogP contribution in [0.1, 0.15) is 63.8 Å². The van der Waals surface area contributed by atoms with Crippen molar-refractivity contribution in [3.05, 3.63) is 22.4 Å². The molecule has 0 spiro atoms. The summed E-state index contributed by atoms with van der Waals surface area (Å²) in [5.74, 6) is 1.58. The van der Waals surface area contributed by atoms with E-state index in [1.807, 2.05) is 11.3 Å². The number of hydrogen-bond acceptors (Lipinski definition) is 2. The van der Waals surface area contributed by atoms with E-state index in [2.05, 4.69) is 43.6 Å². The summed E-state index contributed by atoms with van der Waals surface area (Å²) in [6, 6.07) is 5.76. The topological polar surface area (TPSA) is 12.0 Å². The van der Waals surface area contributed by atoms with Gasteiger partial charge in [-0.3, -0.25) is 0 Å². The molecule has 0 amide bonds. The second-order valence-electron chi connectivity index (χ2n) is 5.96. The first-order chi connectivity index (χ1) is 8.72. The minimum atomic E-state index is 0.597. The van der Waals surface area contributed by atoms with Crippen LogP contribution in [0, 0.1) is 11.8 Å². The zero-order valence-electron chi connectivity index (χ0n) is 12.0. The first-order valence-corrected chi connectivity index (χ1v) is 8.39. The van der Waals surface area contributed by atoms with Crippen molar-refractivity contribution in [2.24, 2.45) is 11.8 Å². The quantitative estimate of drug-likeness (QED) is 0.763. The van der Waals surface area contributed by atoms with Gasteiger partial charge in [-0.1, -0.05) is 39.7 Å². The molecule has 1 N–H and O–H groups in total. The van der Waals surface area contributed by atoms with Crippen molar-refractivity contribution in [2.45, 2.75) is 65.0 Å². The number of nitrogens with one attached hydrogen (secondary N) is 1. The van der Waals surface area contributed by atoms with E-state index in [0.29, 0.717) is 12.1 Å². The molecule has 1 nitrogen and oxygen atoms in total. The second kappa shape index (κ2) is 6.72. The van der Waals surface area contributed by atoms with Gasteiger partial charge in [-0.05, 0) is 42.5 Å². The summed E-state index contributed by atoms with van der Waals surface area (Å²) in [5.41, 5.74) is 0. The SMILES string of the molecule is CCC(NC(c1cccs1)C1CCCC1)C(C)C. The van der Waals surface area contributed by atoms with Gasteiger partial charge in [-0.2, -0.15) is 0 Å². The molecule has 2 heteroatoms. The minimum Gasteiger partial charge on any atom is -0.306 e. The first-order valence-electron chi connectivity index (χ1n) is 7.51. The molecule has 0 bridgehead atoms. The predicted octanol–water partition coefficient (Wildman–Crippen LogP) is 5.00. The Hall–Kier alpha value is -0.340. The molecule has 0 aromatic carbocycles. The van der Waals surface area contributed by atoms with Crippen LogP contribution in [-0.4, -0.2) is 6.04 Å². The number of hydrogen-bond donors (Lipinski definition) is 1. The highest BCUT2D eigenvalue weighted by molar-refractivity contribution is 7.10. The van der Waals surface area contributed by atoms with E-state index in [1.54, 1.807) is 4.88 Å². The Morgan fingerprint density at radius 2 is 2.06 bits per heavy atom. The molecule has 0 radical (unpaired) electrons. The third kappa shape index (κ3) is 3.36. The average molecular weight is 265 g/mol. The van der Waals surface area contributed by atoms with Crippen molar-refractivity contribution in [1.29, 1.82) is 0 Å². The molecule has 0 aliphatic heterocycles. The van der Waals surface area contributed by atoms with E-state index in [1.165, 1.54) is 32.1 Å². The highest BCUT2D eigenvalue weighted by Crippen LogP contribution is 2.38. The Morgan fingerprint density at radius 1 is 1.33 bits per heavy atom. The zero-order chi connectivity index (χ0) is 13.0. The summed E-state index contributed by atoms with van der Waals surface area (Å²) >= 11 is 1.92. The third-order valence-corrected chi connectivity index (χ3v) is 5.31. The van der Waals surface area contributed by atoms with Crippen LogP contribution in [0.15, 0.2) is 17.5 Å². The Balaban J connectivity index is 2.09. The molecule has 1 fully saturated rings. The van der Waals surface area contributed by atoms with Crippen molar-refractivity contribution in [3.8, 4) is 0 Å². The number of rotatable bonds is 6. The van der Waals surface area contributed by atoms with E-state index in [4.69, 9.17) is 0 Å². The molecule has 1 aliphatic rings. The van der Waals surface area contributed by atoms with Gasteiger partial charge in [0.25, 0.3) is 0 Å². The van der Waals surface area contributed by atoms with Crippen LogP contribution < -0.4 is 5.32 Å². The lowest BCUT2D eigenvalue weighted by Gasteiger charge is -2.31. The summed E-state index contributed by atoms with van der Waals surface area (Å²) in [6.45, 7) is 6.97. The molecule has 1 aliphatic carbocycles. The van der Waals surface area contributed by atoms with Crippen molar-refractivity contribution >= 4 is 11.3 Å². The van der Waals surface area contributed by atoms with Gasteiger partial charge in [0.05, 0.1) is 0 Å². The summed E-state index contributed by atoms with van der Waals surface area (Å²) in [7, 11) is 0. The highest BCUT2D eigenvalue weighted by Gasteiger charge is 2.29. The van der Waals surface area contributed by atoms with E-state index in [0.717, 1.165) is 11.8 Å². The molecular formula is C16H27NS. The van der Waals surface area contributed by atoms with Gasteiger partial charge < -0.3 is 5.32 Å². The van der Waals surface area contributed by atoms with Crippen molar-refractivity contribution in [1.82, 2.24) is 5.32 Å². The van der Waals surface area contributed by atoms with Gasteiger partial charge >= 0.3 is 0 Å². The van der Waals surface area contributed by atoms with E-state index >= 15 is 0 Å². The van der Waals surface area contributed by atoms with E-state index in [9.17, 15) is 0 Å². The standard InChI is InChI=1S/C16H27NS/c1-4-14(12(2)3)17-16(13-8-5-6-9-13)15-10-7-11-18-15/h7,10-14,16-17H,4-6,8-9H2,1-3H3. The fourth-order valence-electron chi connectivity index (χ4n) is 3.22. The van der Waals surface area contributed by atoms with Crippen LogP contribution in [0.25, 0.3) is 0 Å². The molecule has 0 saturated heterocycles. The monoisotopic (exact) mass is 265 g/mol. The molecule has 2 unspecified atom stereocenters. The summed E-state index contributed by atoms with van der Waals surface area (Å²) in [5, 5.41) is 6.18. The lowest BCUT2D eigenvalue weighted by molar-refractivity contribution is 0.286. The van der Waals surface area contributed by atoms with Gasteiger partial charge in [0.15, 0.2) is 0 Å². The van der Waals surface area contributed by atoms with Gasteiger partial charge in [0.1, 0.15) is 0 Å². The molecule has 102 valence electrons. The summed E-state index contributed by atoms with van der Waals surface area (Å²) in [6.07, 6.45) is 6.89. The minimum absolute atomic E-state index is 0.597.